The summed E-state index contributed by atoms with van der Waals surface area (Å²) in [5.41, 5.74) is 1.50. The van der Waals surface area contributed by atoms with Crippen molar-refractivity contribution in [2.75, 3.05) is 33.1 Å². The van der Waals surface area contributed by atoms with Crippen LogP contribution in [0.4, 0.5) is 5.69 Å². The Morgan fingerprint density at radius 1 is 1.35 bits per heavy atom. The average Bonchev–Trinajstić information content (AvgIpc) is 2.37. The minimum absolute atomic E-state index is 0.309. The van der Waals surface area contributed by atoms with E-state index in [-0.39, 0.29) is 0 Å². The summed E-state index contributed by atoms with van der Waals surface area (Å²) >= 11 is 0. The van der Waals surface area contributed by atoms with E-state index in [1.807, 2.05) is 12.1 Å². The lowest BCUT2D eigenvalue weighted by Crippen LogP contribution is -2.33. The number of nitrogens with zero attached hydrogens (tertiary/aromatic N) is 2. The van der Waals surface area contributed by atoms with Gasteiger partial charge in [0.05, 0.1) is 18.4 Å². The van der Waals surface area contributed by atoms with Gasteiger partial charge in [-0.3, -0.25) is 0 Å². The molecule has 1 rings (SSSR count). The number of hydrogen-bond donors (Lipinski definition) is 1. The van der Waals surface area contributed by atoms with Crippen molar-refractivity contribution >= 4 is 5.69 Å². The van der Waals surface area contributed by atoms with Gasteiger partial charge in [-0.15, -0.1) is 0 Å². The van der Waals surface area contributed by atoms with Crippen LogP contribution in [0.3, 0.4) is 0 Å². The lowest BCUT2D eigenvalue weighted by atomic mass is 10.0. The molecule has 0 radical (unpaired) electrons. The summed E-state index contributed by atoms with van der Waals surface area (Å²) in [6.45, 7) is 5.35. The maximum absolute atomic E-state index is 9.22. The SMILES string of the molecule is COc1ccc(C#N)c(NC(CC(C)C)CN(C)C)c1. The van der Waals surface area contributed by atoms with E-state index in [0.29, 0.717) is 17.5 Å². The molecule has 1 atom stereocenters. The highest BCUT2D eigenvalue weighted by atomic mass is 16.5. The third-order valence-corrected chi connectivity index (χ3v) is 3.05. The van der Waals surface area contributed by atoms with Gasteiger partial charge < -0.3 is 15.0 Å². The van der Waals surface area contributed by atoms with Gasteiger partial charge in [-0.25, -0.2) is 0 Å². The van der Waals surface area contributed by atoms with Gasteiger partial charge in [0.2, 0.25) is 0 Å². The monoisotopic (exact) mass is 275 g/mol. The van der Waals surface area contributed by atoms with Crippen LogP contribution in [0.2, 0.25) is 0 Å². The molecule has 1 N–H and O–H groups in total. The van der Waals surface area contributed by atoms with Crippen LogP contribution < -0.4 is 10.1 Å². The Labute approximate surface area is 122 Å². The highest BCUT2D eigenvalue weighted by Gasteiger charge is 2.14. The molecule has 0 heterocycles. The van der Waals surface area contributed by atoms with Crippen molar-refractivity contribution < 1.29 is 4.74 Å². The smallest absolute Gasteiger partial charge is 0.121 e. The first-order valence-corrected chi connectivity index (χ1v) is 6.95. The number of nitriles is 1. The van der Waals surface area contributed by atoms with E-state index in [1.54, 1.807) is 13.2 Å². The van der Waals surface area contributed by atoms with Gasteiger partial charge in [0.15, 0.2) is 0 Å². The number of rotatable bonds is 7. The highest BCUT2D eigenvalue weighted by Crippen LogP contribution is 2.23. The summed E-state index contributed by atoms with van der Waals surface area (Å²) in [5, 5.41) is 12.7. The van der Waals surface area contributed by atoms with Gasteiger partial charge in [-0.2, -0.15) is 5.26 Å². The first-order chi connectivity index (χ1) is 9.46. The molecule has 0 spiro atoms. The second-order valence-corrected chi connectivity index (χ2v) is 5.76. The third-order valence-electron chi connectivity index (χ3n) is 3.05. The summed E-state index contributed by atoms with van der Waals surface area (Å²) in [5.74, 6) is 1.36. The number of ether oxygens (including phenoxy) is 1. The maximum Gasteiger partial charge on any atom is 0.121 e. The van der Waals surface area contributed by atoms with Crippen LogP contribution in [0.15, 0.2) is 18.2 Å². The van der Waals surface area contributed by atoms with Crippen molar-refractivity contribution in [3.05, 3.63) is 23.8 Å². The molecule has 1 unspecified atom stereocenters. The fraction of sp³-hybridized carbons (Fsp3) is 0.562. The second kappa shape index (κ2) is 7.76. The van der Waals surface area contributed by atoms with Gasteiger partial charge in [0.1, 0.15) is 11.8 Å². The van der Waals surface area contributed by atoms with Crippen LogP contribution in [0, 0.1) is 17.2 Å². The Kier molecular flexibility index (Phi) is 6.33. The summed E-state index contributed by atoms with van der Waals surface area (Å²) in [6.07, 6.45) is 1.06. The number of hydrogen-bond acceptors (Lipinski definition) is 4. The minimum Gasteiger partial charge on any atom is -0.497 e. The molecule has 0 fully saturated rings. The van der Waals surface area contributed by atoms with Gasteiger partial charge in [0, 0.05) is 18.7 Å². The number of benzene rings is 1. The predicted molar refractivity (Wildman–Crippen MR) is 83.1 cm³/mol. The van der Waals surface area contributed by atoms with E-state index < -0.39 is 0 Å². The van der Waals surface area contributed by atoms with Crippen molar-refractivity contribution in [1.29, 1.82) is 5.26 Å². The molecule has 1 aromatic carbocycles. The van der Waals surface area contributed by atoms with Gasteiger partial charge >= 0.3 is 0 Å². The fourth-order valence-corrected chi connectivity index (χ4v) is 2.28. The predicted octanol–water partition coefficient (Wildman–Crippen LogP) is 2.96. The van der Waals surface area contributed by atoms with Crippen molar-refractivity contribution in [3.63, 3.8) is 0 Å². The Hall–Kier alpha value is -1.73. The van der Waals surface area contributed by atoms with Crippen LogP contribution in [-0.4, -0.2) is 38.7 Å². The Bertz CT molecular complexity index is 453. The number of likely N-dealkylation sites (N-methyl/N-ethyl adjacent to an activating group) is 1. The van der Waals surface area contributed by atoms with E-state index in [2.05, 4.69) is 44.2 Å². The Balaban J connectivity index is 2.93. The molecule has 4 heteroatoms. The average molecular weight is 275 g/mol. The molecular weight excluding hydrogens is 250 g/mol. The standard InChI is InChI=1S/C16H25N3O/c1-12(2)8-14(11-19(3)4)18-16-9-15(20-5)7-6-13(16)10-17/h6-7,9,12,14,18H,8,11H2,1-5H3. The molecule has 0 aliphatic heterocycles. The lowest BCUT2D eigenvalue weighted by Gasteiger charge is -2.25. The van der Waals surface area contributed by atoms with E-state index >= 15 is 0 Å². The highest BCUT2D eigenvalue weighted by molar-refractivity contribution is 5.60. The lowest BCUT2D eigenvalue weighted by molar-refractivity contribution is 0.356. The van der Waals surface area contributed by atoms with Crippen LogP contribution >= 0.6 is 0 Å². The molecule has 0 saturated heterocycles. The van der Waals surface area contributed by atoms with Crippen LogP contribution in [-0.2, 0) is 0 Å². The largest absolute Gasteiger partial charge is 0.497 e. The van der Waals surface area contributed by atoms with Gasteiger partial charge in [-0.1, -0.05) is 13.8 Å². The summed E-state index contributed by atoms with van der Waals surface area (Å²) in [6, 6.07) is 8.03. The van der Waals surface area contributed by atoms with Crippen LogP contribution in [0.1, 0.15) is 25.8 Å². The van der Waals surface area contributed by atoms with Crippen LogP contribution in [0.5, 0.6) is 5.75 Å². The molecule has 0 aromatic heterocycles. The minimum atomic E-state index is 0.309. The molecule has 0 aliphatic rings. The molecule has 0 saturated carbocycles. The number of anilines is 1. The topological polar surface area (TPSA) is 48.3 Å². The van der Waals surface area contributed by atoms with E-state index in [9.17, 15) is 5.26 Å². The Morgan fingerprint density at radius 2 is 2.05 bits per heavy atom. The summed E-state index contributed by atoms with van der Waals surface area (Å²) < 4.78 is 5.24. The van der Waals surface area contributed by atoms with E-state index in [4.69, 9.17) is 4.74 Å². The normalized spacial score (nSPS) is 12.3. The molecular formula is C16H25N3O. The summed E-state index contributed by atoms with van der Waals surface area (Å²) in [4.78, 5) is 2.16. The second-order valence-electron chi connectivity index (χ2n) is 5.76. The zero-order valence-electron chi connectivity index (χ0n) is 13.1. The summed E-state index contributed by atoms with van der Waals surface area (Å²) in [7, 11) is 5.76. The molecule has 20 heavy (non-hydrogen) atoms. The van der Waals surface area contributed by atoms with Gasteiger partial charge in [0.25, 0.3) is 0 Å². The Morgan fingerprint density at radius 3 is 2.55 bits per heavy atom. The zero-order chi connectivity index (χ0) is 15.1. The van der Waals surface area contributed by atoms with Crippen molar-refractivity contribution in [2.45, 2.75) is 26.3 Å². The van der Waals surface area contributed by atoms with Crippen molar-refractivity contribution in [3.8, 4) is 11.8 Å². The van der Waals surface area contributed by atoms with E-state index in [1.165, 1.54) is 0 Å². The fourth-order valence-electron chi connectivity index (χ4n) is 2.28. The van der Waals surface area contributed by atoms with E-state index in [0.717, 1.165) is 24.4 Å². The molecule has 0 aliphatic carbocycles. The molecule has 4 nitrogen and oxygen atoms in total. The molecule has 110 valence electrons. The first kappa shape index (κ1) is 16.3. The van der Waals surface area contributed by atoms with Gasteiger partial charge in [-0.05, 0) is 38.6 Å². The van der Waals surface area contributed by atoms with Crippen molar-refractivity contribution in [2.24, 2.45) is 5.92 Å². The maximum atomic E-state index is 9.22. The molecule has 0 bridgehead atoms. The number of nitrogens with one attached hydrogen (secondary N) is 1. The molecule has 1 aromatic rings. The first-order valence-electron chi connectivity index (χ1n) is 6.95. The van der Waals surface area contributed by atoms with Crippen LogP contribution in [0.25, 0.3) is 0 Å². The quantitative estimate of drug-likeness (QED) is 0.831. The zero-order valence-corrected chi connectivity index (χ0v) is 13.1. The third kappa shape index (κ3) is 5.10. The number of methoxy groups -OCH3 is 1. The van der Waals surface area contributed by atoms with Crippen molar-refractivity contribution in [1.82, 2.24) is 4.90 Å². The molecule has 0 amide bonds.